The third-order valence-electron chi connectivity index (χ3n) is 4.43. The van der Waals surface area contributed by atoms with Crippen LogP contribution in [0.5, 0.6) is 0 Å². The van der Waals surface area contributed by atoms with Crippen molar-refractivity contribution in [3.05, 3.63) is 65.5 Å². The summed E-state index contributed by atoms with van der Waals surface area (Å²) in [4.78, 5) is 16.7. The second-order valence-corrected chi connectivity index (χ2v) is 7.16. The summed E-state index contributed by atoms with van der Waals surface area (Å²) in [5, 5.41) is 3.82. The van der Waals surface area contributed by atoms with E-state index in [9.17, 15) is 18.0 Å². The maximum atomic E-state index is 12.6. The molecular formula is C21H22F3N3O. The number of benzene rings is 1. The number of pyridine rings is 1. The van der Waals surface area contributed by atoms with Crippen molar-refractivity contribution in [1.82, 2.24) is 14.9 Å². The van der Waals surface area contributed by atoms with Crippen LogP contribution in [0.4, 0.5) is 13.2 Å². The SMILES string of the molecule is CC(C)Cn1cc(CCNC(=O)c2ccc(C(F)(F)F)cc2)c2cccnc21. The van der Waals surface area contributed by atoms with Crippen molar-refractivity contribution in [2.75, 3.05) is 6.54 Å². The molecule has 1 aromatic carbocycles. The number of hydrogen-bond acceptors (Lipinski definition) is 2. The number of rotatable bonds is 6. The van der Waals surface area contributed by atoms with Crippen LogP contribution in [0, 0.1) is 5.92 Å². The minimum atomic E-state index is -4.41. The molecule has 3 rings (SSSR count). The molecule has 0 unspecified atom stereocenters. The molecule has 1 N–H and O–H groups in total. The van der Waals surface area contributed by atoms with Gasteiger partial charge >= 0.3 is 6.18 Å². The van der Waals surface area contributed by atoms with Gasteiger partial charge in [0.1, 0.15) is 5.65 Å². The van der Waals surface area contributed by atoms with E-state index in [2.05, 4.69) is 34.9 Å². The number of nitrogens with one attached hydrogen (secondary N) is 1. The fraction of sp³-hybridized carbons (Fsp3) is 0.333. The normalized spacial score (nSPS) is 11.9. The van der Waals surface area contributed by atoms with Crippen molar-refractivity contribution in [3.63, 3.8) is 0 Å². The zero-order valence-corrected chi connectivity index (χ0v) is 15.8. The zero-order chi connectivity index (χ0) is 20.3. The van der Waals surface area contributed by atoms with Crippen LogP contribution in [0.2, 0.25) is 0 Å². The third kappa shape index (κ3) is 4.52. The van der Waals surface area contributed by atoms with Gasteiger partial charge in [-0.15, -0.1) is 0 Å². The fourth-order valence-corrected chi connectivity index (χ4v) is 3.15. The van der Waals surface area contributed by atoms with E-state index >= 15 is 0 Å². The highest BCUT2D eigenvalue weighted by molar-refractivity contribution is 5.94. The summed E-state index contributed by atoms with van der Waals surface area (Å²) in [6, 6.07) is 8.10. The first-order valence-corrected chi connectivity index (χ1v) is 9.14. The van der Waals surface area contributed by atoms with Crippen molar-refractivity contribution in [2.24, 2.45) is 5.92 Å². The van der Waals surface area contributed by atoms with Gasteiger partial charge < -0.3 is 9.88 Å². The first kappa shape index (κ1) is 19.9. The average Bonchev–Trinajstić information content (AvgIpc) is 2.98. The Bertz CT molecular complexity index is 959. The van der Waals surface area contributed by atoms with Crippen molar-refractivity contribution in [3.8, 4) is 0 Å². The Kier molecular flexibility index (Phi) is 5.72. The molecule has 0 aliphatic rings. The number of fused-ring (bicyclic) bond motifs is 1. The third-order valence-corrected chi connectivity index (χ3v) is 4.43. The smallest absolute Gasteiger partial charge is 0.352 e. The molecule has 0 radical (unpaired) electrons. The minimum absolute atomic E-state index is 0.205. The molecule has 148 valence electrons. The number of alkyl halides is 3. The lowest BCUT2D eigenvalue weighted by atomic mass is 10.1. The fourth-order valence-electron chi connectivity index (χ4n) is 3.15. The molecule has 2 heterocycles. The summed E-state index contributed by atoms with van der Waals surface area (Å²) in [7, 11) is 0. The number of aromatic nitrogens is 2. The molecule has 0 atom stereocenters. The monoisotopic (exact) mass is 389 g/mol. The molecule has 7 heteroatoms. The van der Waals surface area contributed by atoms with E-state index in [4.69, 9.17) is 0 Å². The van der Waals surface area contributed by atoms with Crippen molar-refractivity contribution in [2.45, 2.75) is 33.0 Å². The van der Waals surface area contributed by atoms with Crippen molar-refractivity contribution in [1.29, 1.82) is 0 Å². The molecule has 3 aromatic rings. The van der Waals surface area contributed by atoms with Crippen LogP contribution < -0.4 is 5.32 Å². The maximum absolute atomic E-state index is 12.6. The molecule has 0 spiro atoms. The Hall–Kier alpha value is -2.83. The van der Waals surface area contributed by atoms with Gasteiger partial charge in [-0.05, 0) is 54.3 Å². The van der Waals surface area contributed by atoms with Gasteiger partial charge in [0.15, 0.2) is 0 Å². The number of carbonyl (C=O) groups excluding carboxylic acids is 1. The molecular weight excluding hydrogens is 367 g/mol. The second kappa shape index (κ2) is 8.04. The molecule has 0 saturated heterocycles. The lowest BCUT2D eigenvalue weighted by molar-refractivity contribution is -0.137. The number of hydrogen-bond donors (Lipinski definition) is 1. The zero-order valence-electron chi connectivity index (χ0n) is 15.8. The minimum Gasteiger partial charge on any atom is -0.352 e. The van der Waals surface area contributed by atoms with E-state index in [1.807, 2.05) is 12.1 Å². The van der Waals surface area contributed by atoms with Crippen LogP contribution in [-0.4, -0.2) is 22.0 Å². The predicted octanol–water partition coefficient (Wildman–Crippen LogP) is 4.68. The molecule has 2 aromatic heterocycles. The van der Waals surface area contributed by atoms with Crippen LogP contribution in [0.3, 0.4) is 0 Å². The first-order chi connectivity index (χ1) is 13.3. The summed E-state index contributed by atoms with van der Waals surface area (Å²) in [5.74, 6) is 0.0857. The first-order valence-electron chi connectivity index (χ1n) is 9.14. The summed E-state index contributed by atoms with van der Waals surface area (Å²) < 4.78 is 40.0. The standard InChI is InChI=1S/C21H22F3N3O/c1-14(2)12-27-13-16(18-4-3-10-25-19(18)27)9-11-26-20(28)15-5-7-17(8-6-15)21(22,23)24/h3-8,10,13-14H,9,11-12H2,1-2H3,(H,26,28). The Balaban J connectivity index is 1.65. The van der Waals surface area contributed by atoms with Gasteiger partial charge in [0.2, 0.25) is 0 Å². The highest BCUT2D eigenvalue weighted by Crippen LogP contribution is 2.29. The van der Waals surface area contributed by atoms with Gasteiger partial charge in [-0.1, -0.05) is 13.8 Å². The summed E-state index contributed by atoms with van der Waals surface area (Å²) >= 11 is 0. The highest BCUT2D eigenvalue weighted by atomic mass is 19.4. The summed E-state index contributed by atoms with van der Waals surface area (Å²) in [5.41, 5.74) is 1.43. The number of amides is 1. The molecule has 0 aliphatic carbocycles. The van der Waals surface area contributed by atoms with Gasteiger partial charge in [0, 0.05) is 36.4 Å². The molecule has 4 nitrogen and oxygen atoms in total. The summed E-state index contributed by atoms with van der Waals surface area (Å²) in [6.07, 6.45) is 0.0180. The number of nitrogens with zero attached hydrogens (tertiary/aromatic N) is 2. The van der Waals surface area contributed by atoms with Gasteiger partial charge in [-0.25, -0.2) is 4.98 Å². The quantitative estimate of drug-likeness (QED) is 0.665. The van der Waals surface area contributed by atoms with E-state index in [1.54, 1.807) is 6.20 Å². The van der Waals surface area contributed by atoms with E-state index in [0.717, 1.165) is 35.3 Å². The van der Waals surface area contributed by atoms with Crippen LogP contribution in [0.15, 0.2) is 48.8 Å². The predicted molar refractivity (Wildman–Crippen MR) is 102 cm³/mol. The van der Waals surface area contributed by atoms with Gasteiger partial charge in [-0.2, -0.15) is 13.2 Å². The Morgan fingerprint density at radius 2 is 1.89 bits per heavy atom. The Morgan fingerprint density at radius 3 is 2.54 bits per heavy atom. The highest BCUT2D eigenvalue weighted by Gasteiger charge is 2.30. The number of carbonyl (C=O) groups is 1. The van der Waals surface area contributed by atoms with Crippen molar-refractivity contribution >= 4 is 16.9 Å². The molecule has 0 aliphatic heterocycles. The van der Waals surface area contributed by atoms with E-state index < -0.39 is 17.6 Å². The van der Waals surface area contributed by atoms with Crippen LogP contribution >= 0.6 is 0 Å². The summed E-state index contributed by atoms with van der Waals surface area (Å²) in [6.45, 7) is 5.51. The van der Waals surface area contributed by atoms with Crippen LogP contribution in [-0.2, 0) is 19.1 Å². The van der Waals surface area contributed by atoms with Gasteiger partial charge in [-0.3, -0.25) is 4.79 Å². The molecule has 1 amide bonds. The molecule has 0 fully saturated rings. The average molecular weight is 389 g/mol. The molecule has 28 heavy (non-hydrogen) atoms. The van der Waals surface area contributed by atoms with Crippen LogP contribution in [0.25, 0.3) is 11.0 Å². The molecule has 0 saturated carbocycles. The van der Waals surface area contributed by atoms with Gasteiger partial charge in [0.25, 0.3) is 5.91 Å². The Labute approximate surface area is 161 Å². The van der Waals surface area contributed by atoms with Crippen molar-refractivity contribution < 1.29 is 18.0 Å². The largest absolute Gasteiger partial charge is 0.416 e. The van der Waals surface area contributed by atoms with E-state index in [1.165, 1.54) is 12.1 Å². The Morgan fingerprint density at radius 1 is 1.18 bits per heavy atom. The lowest BCUT2D eigenvalue weighted by Crippen LogP contribution is -2.25. The topological polar surface area (TPSA) is 46.9 Å². The van der Waals surface area contributed by atoms with Crippen LogP contribution in [0.1, 0.15) is 35.3 Å². The number of halogens is 3. The van der Waals surface area contributed by atoms with E-state index in [0.29, 0.717) is 18.9 Å². The second-order valence-electron chi connectivity index (χ2n) is 7.16. The maximum Gasteiger partial charge on any atom is 0.416 e. The van der Waals surface area contributed by atoms with Gasteiger partial charge in [0.05, 0.1) is 5.56 Å². The van der Waals surface area contributed by atoms with E-state index in [-0.39, 0.29) is 5.56 Å². The lowest BCUT2D eigenvalue weighted by Gasteiger charge is -2.08. The molecule has 0 bridgehead atoms.